The van der Waals surface area contributed by atoms with Crippen LogP contribution in [0.15, 0.2) is 18.2 Å². The van der Waals surface area contributed by atoms with Gasteiger partial charge in [-0.1, -0.05) is 6.07 Å². The fourth-order valence-electron chi connectivity index (χ4n) is 1.62. The molecule has 15 heavy (non-hydrogen) atoms. The number of nitro benzene ring substituents is 1. The smallest absolute Gasteiger partial charge is 0.311 e. The molecule has 0 radical (unpaired) electrons. The molecule has 0 aliphatic heterocycles. The first-order valence-corrected chi connectivity index (χ1v) is 4.82. The average molecular weight is 208 g/mol. The highest BCUT2D eigenvalue weighted by molar-refractivity contribution is 5.48. The second kappa shape index (κ2) is 3.51. The van der Waals surface area contributed by atoms with Gasteiger partial charge in [-0.2, -0.15) is 0 Å². The third kappa shape index (κ3) is 1.92. The summed E-state index contributed by atoms with van der Waals surface area (Å²) in [6.45, 7) is 0. The number of nitro groups is 1. The van der Waals surface area contributed by atoms with Crippen molar-refractivity contribution >= 4 is 5.69 Å². The maximum atomic E-state index is 10.6. The first kappa shape index (κ1) is 9.92. The quantitative estimate of drug-likeness (QED) is 0.584. The minimum absolute atomic E-state index is 0.149. The third-order valence-corrected chi connectivity index (χ3v) is 2.71. The Morgan fingerprint density at radius 2 is 2.20 bits per heavy atom. The molecule has 5 heteroatoms. The van der Waals surface area contributed by atoms with Crippen molar-refractivity contribution < 1.29 is 10.0 Å². The summed E-state index contributed by atoms with van der Waals surface area (Å²) in [7, 11) is 0. The van der Waals surface area contributed by atoms with Crippen LogP contribution in [0, 0.1) is 16.0 Å². The molecular weight excluding hydrogens is 196 g/mol. The standard InChI is InChI=1S/C10H12N2O3/c11-10(6-1-2-6)7-3-4-9(13)8(5-7)12(14)15/h3-6,10,13H,1-2,11H2/t10-/m1/s1. The summed E-state index contributed by atoms with van der Waals surface area (Å²) >= 11 is 0. The normalized spacial score (nSPS) is 17.4. The lowest BCUT2D eigenvalue weighted by Crippen LogP contribution is -2.12. The monoisotopic (exact) mass is 208 g/mol. The molecule has 1 aromatic carbocycles. The van der Waals surface area contributed by atoms with E-state index in [9.17, 15) is 15.2 Å². The van der Waals surface area contributed by atoms with Crippen molar-refractivity contribution in [1.29, 1.82) is 0 Å². The number of hydrogen-bond donors (Lipinski definition) is 2. The lowest BCUT2D eigenvalue weighted by Gasteiger charge is -2.10. The van der Waals surface area contributed by atoms with E-state index in [1.165, 1.54) is 12.1 Å². The Balaban J connectivity index is 2.32. The highest BCUT2D eigenvalue weighted by atomic mass is 16.6. The second-order valence-corrected chi connectivity index (χ2v) is 3.87. The molecule has 80 valence electrons. The first-order chi connectivity index (χ1) is 7.09. The highest BCUT2D eigenvalue weighted by Crippen LogP contribution is 2.41. The van der Waals surface area contributed by atoms with Crippen molar-refractivity contribution in [3.05, 3.63) is 33.9 Å². The molecule has 0 unspecified atom stereocenters. The Kier molecular flexibility index (Phi) is 2.32. The van der Waals surface area contributed by atoms with Crippen molar-refractivity contribution in [3.8, 4) is 5.75 Å². The number of nitrogens with zero attached hydrogens (tertiary/aromatic N) is 1. The van der Waals surface area contributed by atoms with Crippen LogP contribution in [0.4, 0.5) is 5.69 Å². The van der Waals surface area contributed by atoms with Crippen LogP contribution < -0.4 is 5.73 Å². The lowest BCUT2D eigenvalue weighted by atomic mass is 10.0. The fourth-order valence-corrected chi connectivity index (χ4v) is 1.62. The SMILES string of the molecule is N[C@@H](c1ccc(O)c([N+](=O)[O-])c1)C1CC1. The Hall–Kier alpha value is -1.62. The minimum atomic E-state index is -0.599. The van der Waals surface area contributed by atoms with Crippen LogP contribution in [0.25, 0.3) is 0 Å². The number of benzene rings is 1. The molecule has 0 spiro atoms. The van der Waals surface area contributed by atoms with Gasteiger partial charge in [0.2, 0.25) is 0 Å². The van der Waals surface area contributed by atoms with Gasteiger partial charge in [-0.3, -0.25) is 10.1 Å². The Labute approximate surface area is 86.7 Å². The van der Waals surface area contributed by atoms with Crippen molar-refractivity contribution in [2.24, 2.45) is 11.7 Å². The number of nitrogens with two attached hydrogens (primary N) is 1. The summed E-state index contributed by atoms with van der Waals surface area (Å²) in [5.74, 6) is 0.126. The lowest BCUT2D eigenvalue weighted by molar-refractivity contribution is -0.385. The number of rotatable bonds is 3. The van der Waals surface area contributed by atoms with Crippen molar-refractivity contribution in [2.45, 2.75) is 18.9 Å². The van der Waals surface area contributed by atoms with Crippen LogP contribution in [0.3, 0.4) is 0 Å². The van der Waals surface area contributed by atoms with Crippen LogP contribution in [-0.4, -0.2) is 10.0 Å². The molecule has 1 aliphatic rings. The number of aromatic hydroxyl groups is 1. The van der Waals surface area contributed by atoms with Crippen LogP contribution >= 0.6 is 0 Å². The summed E-state index contributed by atoms with van der Waals surface area (Å²) in [5, 5.41) is 19.8. The zero-order valence-corrected chi connectivity index (χ0v) is 8.09. The van der Waals surface area contributed by atoms with E-state index in [1.54, 1.807) is 6.07 Å². The van der Waals surface area contributed by atoms with Crippen molar-refractivity contribution in [2.75, 3.05) is 0 Å². The van der Waals surface area contributed by atoms with Gasteiger partial charge in [0.1, 0.15) is 0 Å². The number of phenolic OH excluding ortho intramolecular Hbond substituents is 1. The Morgan fingerprint density at radius 3 is 2.73 bits per heavy atom. The largest absolute Gasteiger partial charge is 0.502 e. The maximum absolute atomic E-state index is 10.6. The molecule has 1 aliphatic carbocycles. The van der Waals surface area contributed by atoms with E-state index in [0.717, 1.165) is 18.4 Å². The summed E-state index contributed by atoms with van der Waals surface area (Å²) in [5.41, 5.74) is 6.36. The van der Waals surface area contributed by atoms with Gasteiger partial charge in [0.25, 0.3) is 0 Å². The molecule has 1 atom stereocenters. The van der Waals surface area contributed by atoms with Gasteiger partial charge in [0, 0.05) is 12.1 Å². The summed E-state index contributed by atoms with van der Waals surface area (Å²) < 4.78 is 0. The summed E-state index contributed by atoms with van der Waals surface area (Å²) in [6, 6.07) is 4.18. The van der Waals surface area contributed by atoms with Crippen LogP contribution in [0.2, 0.25) is 0 Å². The molecule has 5 nitrogen and oxygen atoms in total. The second-order valence-electron chi connectivity index (χ2n) is 3.87. The number of phenols is 1. The van der Waals surface area contributed by atoms with Crippen molar-refractivity contribution in [1.82, 2.24) is 0 Å². The van der Waals surface area contributed by atoms with E-state index in [-0.39, 0.29) is 17.5 Å². The van der Waals surface area contributed by atoms with Gasteiger partial charge in [-0.05, 0) is 30.4 Å². The summed E-state index contributed by atoms with van der Waals surface area (Å²) in [4.78, 5) is 9.99. The molecule has 2 rings (SSSR count). The van der Waals surface area contributed by atoms with Gasteiger partial charge in [-0.15, -0.1) is 0 Å². The molecule has 0 amide bonds. The van der Waals surface area contributed by atoms with E-state index in [4.69, 9.17) is 5.73 Å². The zero-order chi connectivity index (χ0) is 11.0. The van der Waals surface area contributed by atoms with Gasteiger partial charge >= 0.3 is 5.69 Å². The van der Waals surface area contributed by atoms with Gasteiger partial charge in [0.05, 0.1) is 4.92 Å². The first-order valence-electron chi connectivity index (χ1n) is 4.82. The Bertz CT molecular complexity index is 402. The van der Waals surface area contributed by atoms with Gasteiger partial charge in [0.15, 0.2) is 5.75 Å². The predicted octanol–water partition coefficient (Wildman–Crippen LogP) is 1.71. The molecular formula is C10H12N2O3. The highest BCUT2D eigenvalue weighted by Gasteiger charge is 2.30. The van der Waals surface area contributed by atoms with E-state index < -0.39 is 4.92 Å². The maximum Gasteiger partial charge on any atom is 0.311 e. The molecule has 1 aromatic rings. The van der Waals surface area contributed by atoms with E-state index in [1.807, 2.05) is 0 Å². The third-order valence-electron chi connectivity index (χ3n) is 2.71. The van der Waals surface area contributed by atoms with Crippen LogP contribution in [-0.2, 0) is 0 Å². The molecule has 1 fully saturated rings. The van der Waals surface area contributed by atoms with E-state index >= 15 is 0 Å². The fraction of sp³-hybridized carbons (Fsp3) is 0.400. The average Bonchev–Trinajstić information content (AvgIpc) is 3.00. The van der Waals surface area contributed by atoms with E-state index in [2.05, 4.69) is 0 Å². The van der Waals surface area contributed by atoms with Crippen LogP contribution in [0.5, 0.6) is 5.75 Å². The zero-order valence-electron chi connectivity index (χ0n) is 8.09. The predicted molar refractivity (Wildman–Crippen MR) is 54.4 cm³/mol. The summed E-state index contributed by atoms with van der Waals surface area (Å²) in [6.07, 6.45) is 2.16. The molecule has 0 saturated heterocycles. The van der Waals surface area contributed by atoms with Crippen molar-refractivity contribution in [3.63, 3.8) is 0 Å². The molecule has 3 N–H and O–H groups in total. The van der Waals surface area contributed by atoms with Crippen LogP contribution in [0.1, 0.15) is 24.4 Å². The van der Waals surface area contributed by atoms with Gasteiger partial charge in [-0.25, -0.2) is 0 Å². The number of hydrogen-bond acceptors (Lipinski definition) is 4. The minimum Gasteiger partial charge on any atom is -0.502 e. The molecule has 0 heterocycles. The van der Waals surface area contributed by atoms with E-state index in [0.29, 0.717) is 5.92 Å². The Morgan fingerprint density at radius 1 is 1.53 bits per heavy atom. The molecule has 0 bridgehead atoms. The molecule has 0 aromatic heterocycles. The topological polar surface area (TPSA) is 89.4 Å². The van der Waals surface area contributed by atoms with Gasteiger partial charge < -0.3 is 10.8 Å². The molecule has 1 saturated carbocycles.